The van der Waals surface area contributed by atoms with E-state index >= 15 is 0 Å². The van der Waals surface area contributed by atoms with Gasteiger partial charge in [0.05, 0.1) is 12.1 Å². The number of aryl methyl sites for hydroxylation is 1. The van der Waals surface area contributed by atoms with Crippen LogP contribution in [0.1, 0.15) is 19.4 Å². The van der Waals surface area contributed by atoms with E-state index < -0.39 is 0 Å². The second-order valence-electron chi connectivity index (χ2n) is 5.07. The first-order valence-corrected chi connectivity index (χ1v) is 5.59. The summed E-state index contributed by atoms with van der Waals surface area (Å²) >= 11 is 0. The third-order valence-corrected chi connectivity index (χ3v) is 2.85. The number of piperazine rings is 1. The highest BCUT2D eigenvalue weighted by Crippen LogP contribution is 2.23. The number of rotatable bonds is 1. The van der Waals surface area contributed by atoms with Crippen LogP contribution >= 0.6 is 0 Å². The number of benzene rings is 1. The van der Waals surface area contributed by atoms with Crippen molar-refractivity contribution in [1.29, 1.82) is 0 Å². The lowest BCUT2D eigenvalue weighted by atomic mass is 10.0. The van der Waals surface area contributed by atoms with Crippen LogP contribution in [0.5, 0.6) is 0 Å². The molecule has 1 amide bonds. The number of para-hydroxylation sites is 1. The molecule has 3 heteroatoms. The van der Waals surface area contributed by atoms with Crippen molar-refractivity contribution in [2.45, 2.75) is 26.3 Å². The van der Waals surface area contributed by atoms with Gasteiger partial charge in [0.15, 0.2) is 0 Å². The minimum atomic E-state index is -0.155. The molecule has 1 fully saturated rings. The number of hydrogen-bond donors (Lipinski definition) is 1. The molecule has 1 aliphatic heterocycles. The normalized spacial score (nSPS) is 19.4. The molecule has 1 heterocycles. The number of nitrogens with one attached hydrogen (secondary N) is 1. The van der Waals surface area contributed by atoms with E-state index in [2.05, 4.69) is 43.1 Å². The third kappa shape index (κ3) is 2.18. The fourth-order valence-corrected chi connectivity index (χ4v) is 2.25. The van der Waals surface area contributed by atoms with Crippen LogP contribution in [0.3, 0.4) is 0 Å². The summed E-state index contributed by atoms with van der Waals surface area (Å²) in [5.74, 6) is 0.0968. The fraction of sp³-hybridized carbons (Fsp3) is 0.462. The fourth-order valence-electron chi connectivity index (χ4n) is 2.25. The molecule has 0 aromatic heterocycles. The first-order valence-electron chi connectivity index (χ1n) is 5.59. The molecule has 86 valence electrons. The SMILES string of the molecule is Cc1ccccc1N1CC(=O)NC(C)(C)C1. The van der Waals surface area contributed by atoms with Gasteiger partial charge in [0.1, 0.15) is 0 Å². The van der Waals surface area contributed by atoms with Crippen LogP contribution < -0.4 is 10.2 Å². The van der Waals surface area contributed by atoms with Crippen LogP contribution in [0, 0.1) is 6.92 Å². The molecule has 0 bridgehead atoms. The highest BCUT2D eigenvalue weighted by molar-refractivity contribution is 5.84. The summed E-state index contributed by atoms with van der Waals surface area (Å²) in [7, 11) is 0. The van der Waals surface area contributed by atoms with Crippen molar-refractivity contribution in [2.75, 3.05) is 18.0 Å². The summed E-state index contributed by atoms with van der Waals surface area (Å²) in [6, 6.07) is 8.19. The van der Waals surface area contributed by atoms with Gasteiger partial charge in [-0.2, -0.15) is 0 Å². The van der Waals surface area contributed by atoms with Crippen molar-refractivity contribution in [3.8, 4) is 0 Å². The number of amides is 1. The third-order valence-electron chi connectivity index (χ3n) is 2.85. The topological polar surface area (TPSA) is 32.3 Å². The van der Waals surface area contributed by atoms with Crippen LogP contribution in [-0.4, -0.2) is 24.5 Å². The standard InChI is InChI=1S/C13H18N2O/c1-10-6-4-5-7-11(10)15-8-12(16)14-13(2,3)9-15/h4-7H,8-9H2,1-3H3,(H,14,16). The summed E-state index contributed by atoms with van der Waals surface area (Å²) in [6.07, 6.45) is 0. The Morgan fingerprint density at radius 2 is 2.00 bits per heavy atom. The second kappa shape index (κ2) is 3.81. The van der Waals surface area contributed by atoms with Gasteiger partial charge >= 0.3 is 0 Å². The van der Waals surface area contributed by atoms with E-state index in [4.69, 9.17) is 0 Å². The summed E-state index contributed by atoms with van der Waals surface area (Å²) in [4.78, 5) is 13.8. The van der Waals surface area contributed by atoms with Gasteiger partial charge in [0.25, 0.3) is 0 Å². The molecule has 1 saturated heterocycles. The number of carbonyl (C=O) groups excluding carboxylic acids is 1. The Bertz CT molecular complexity index is 412. The molecular formula is C13H18N2O. The highest BCUT2D eigenvalue weighted by atomic mass is 16.2. The molecule has 16 heavy (non-hydrogen) atoms. The van der Waals surface area contributed by atoms with E-state index in [9.17, 15) is 4.79 Å². The van der Waals surface area contributed by atoms with Crippen molar-refractivity contribution in [3.63, 3.8) is 0 Å². The highest BCUT2D eigenvalue weighted by Gasteiger charge is 2.30. The lowest BCUT2D eigenvalue weighted by molar-refractivity contribution is -0.122. The molecule has 0 atom stereocenters. The van der Waals surface area contributed by atoms with E-state index in [1.165, 1.54) is 5.56 Å². The maximum Gasteiger partial charge on any atom is 0.239 e. The Kier molecular flexibility index (Phi) is 2.62. The van der Waals surface area contributed by atoms with E-state index in [1.807, 2.05) is 12.1 Å². The predicted molar refractivity (Wildman–Crippen MR) is 65.6 cm³/mol. The minimum Gasteiger partial charge on any atom is -0.360 e. The first-order chi connectivity index (χ1) is 7.48. The van der Waals surface area contributed by atoms with Crippen molar-refractivity contribution in [2.24, 2.45) is 0 Å². The summed E-state index contributed by atoms with van der Waals surface area (Å²) < 4.78 is 0. The zero-order valence-electron chi connectivity index (χ0n) is 10.1. The summed E-state index contributed by atoms with van der Waals surface area (Å²) in [5.41, 5.74) is 2.22. The number of anilines is 1. The van der Waals surface area contributed by atoms with Gasteiger partial charge in [-0.15, -0.1) is 0 Å². The van der Waals surface area contributed by atoms with Crippen molar-refractivity contribution in [1.82, 2.24) is 5.32 Å². The zero-order valence-corrected chi connectivity index (χ0v) is 10.1. The molecule has 0 radical (unpaired) electrons. The van der Waals surface area contributed by atoms with Crippen molar-refractivity contribution >= 4 is 11.6 Å². The molecule has 3 nitrogen and oxygen atoms in total. The zero-order chi connectivity index (χ0) is 11.8. The van der Waals surface area contributed by atoms with E-state index in [0.29, 0.717) is 6.54 Å². The van der Waals surface area contributed by atoms with Gasteiger partial charge in [-0.3, -0.25) is 4.79 Å². The lowest BCUT2D eigenvalue weighted by Gasteiger charge is -2.40. The molecule has 0 spiro atoms. The largest absolute Gasteiger partial charge is 0.360 e. The first kappa shape index (κ1) is 11.0. The average molecular weight is 218 g/mol. The molecule has 2 rings (SSSR count). The average Bonchev–Trinajstić information content (AvgIpc) is 2.15. The van der Waals surface area contributed by atoms with Gasteiger partial charge in [-0.1, -0.05) is 18.2 Å². The number of carbonyl (C=O) groups is 1. The van der Waals surface area contributed by atoms with Crippen LogP contribution in [-0.2, 0) is 4.79 Å². The van der Waals surface area contributed by atoms with Gasteiger partial charge in [-0.25, -0.2) is 0 Å². The Morgan fingerprint density at radius 3 is 2.62 bits per heavy atom. The van der Waals surface area contributed by atoms with E-state index in [1.54, 1.807) is 0 Å². The quantitative estimate of drug-likeness (QED) is 0.778. The summed E-state index contributed by atoms with van der Waals surface area (Å²) in [6.45, 7) is 7.48. The van der Waals surface area contributed by atoms with Gasteiger partial charge < -0.3 is 10.2 Å². The second-order valence-corrected chi connectivity index (χ2v) is 5.07. The van der Waals surface area contributed by atoms with Gasteiger partial charge in [-0.05, 0) is 32.4 Å². The van der Waals surface area contributed by atoms with Crippen LogP contribution in [0.2, 0.25) is 0 Å². The smallest absolute Gasteiger partial charge is 0.239 e. The predicted octanol–water partition coefficient (Wildman–Crippen LogP) is 1.71. The molecule has 0 aliphatic carbocycles. The maximum atomic E-state index is 11.6. The Hall–Kier alpha value is -1.51. The van der Waals surface area contributed by atoms with Crippen LogP contribution in [0.15, 0.2) is 24.3 Å². The van der Waals surface area contributed by atoms with Crippen LogP contribution in [0.25, 0.3) is 0 Å². The van der Waals surface area contributed by atoms with Crippen molar-refractivity contribution < 1.29 is 4.79 Å². The van der Waals surface area contributed by atoms with Crippen molar-refractivity contribution in [3.05, 3.63) is 29.8 Å². The van der Waals surface area contributed by atoms with Gasteiger partial charge in [0.2, 0.25) is 5.91 Å². The molecule has 0 unspecified atom stereocenters. The molecule has 1 aliphatic rings. The molecule has 1 N–H and O–H groups in total. The lowest BCUT2D eigenvalue weighted by Crippen LogP contribution is -2.60. The maximum absolute atomic E-state index is 11.6. The molecular weight excluding hydrogens is 200 g/mol. The number of nitrogens with zero attached hydrogens (tertiary/aromatic N) is 1. The molecule has 0 saturated carbocycles. The van der Waals surface area contributed by atoms with Gasteiger partial charge in [0, 0.05) is 12.2 Å². The van der Waals surface area contributed by atoms with E-state index in [0.717, 1.165) is 12.2 Å². The Morgan fingerprint density at radius 1 is 1.31 bits per heavy atom. The Balaban J connectivity index is 2.28. The Labute approximate surface area is 96.5 Å². The van der Waals surface area contributed by atoms with E-state index in [-0.39, 0.29) is 11.4 Å². The molecule has 1 aromatic carbocycles. The minimum absolute atomic E-state index is 0.0968. The number of hydrogen-bond acceptors (Lipinski definition) is 2. The molecule has 1 aromatic rings. The monoisotopic (exact) mass is 218 g/mol. The van der Waals surface area contributed by atoms with Crippen LogP contribution in [0.4, 0.5) is 5.69 Å². The summed E-state index contributed by atoms with van der Waals surface area (Å²) in [5, 5.41) is 2.99.